The summed E-state index contributed by atoms with van der Waals surface area (Å²) in [5, 5.41) is 20.3. The van der Waals surface area contributed by atoms with Crippen molar-refractivity contribution in [3.63, 3.8) is 0 Å². The highest BCUT2D eigenvalue weighted by molar-refractivity contribution is 5.84. The van der Waals surface area contributed by atoms with Crippen LogP contribution in [0.5, 0.6) is 0 Å². The molecular weight excluding hydrogens is 344 g/mol. The number of quaternary nitrogens is 1. The van der Waals surface area contributed by atoms with Crippen LogP contribution < -0.4 is 11.1 Å². The van der Waals surface area contributed by atoms with Crippen molar-refractivity contribution in [2.75, 3.05) is 41.3 Å². The minimum Gasteiger partial charge on any atom is -0.481 e. The number of amides is 2. The van der Waals surface area contributed by atoms with Gasteiger partial charge in [0, 0.05) is 26.4 Å². The number of nitrogens with two attached hydrogens (primary N) is 1. The predicted octanol–water partition coefficient (Wildman–Crippen LogP) is -1.31. The summed E-state index contributed by atoms with van der Waals surface area (Å²) in [6.07, 6.45) is -0.188. The van der Waals surface area contributed by atoms with E-state index in [4.69, 9.17) is 15.9 Å². The van der Waals surface area contributed by atoms with Crippen molar-refractivity contribution in [2.24, 2.45) is 5.73 Å². The quantitative estimate of drug-likeness (QED) is 0.309. The normalized spacial score (nSPS) is 13.6. The molecule has 0 aromatic heterocycles. The Morgan fingerprint density at radius 3 is 2.15 bits per heavy atom. The van der Waals surface area contributed by atoms with E-state index in [1.807, 2.05) is 21.1 Å². The second kappa shape index (κ2) is 10.7. The van der Waals surface area contributed by atoms with Gasteiger partial charge in [0.2, 0.25) is 11.8 Å². The van der Waals surface area contributed by atoms with Crippen LogP contribution in [0.1, 0.15) is 25.7 Å². The van der Waals surface area contributed by atoms with E-state index in [0.29, 0.717) is 11.0 Å². The molecule has 0 unspecified atom stereocenters. The van der Waals surface area contributed by atoms with E-state index in [1.165, 1.54) is 11.9 Å². The standard InChI is InChI=1S/C16H30N4O6/c1-19(8-7-12(17)16(25)26)14(22)6-5-13(21)18-11(9-15(23)24)10-20(2,3)4/h11-12H,5-10,17H2,1-4H3,(H2-,18,21,23,24,25,26)/p+1/t11-,12-/m0/s1. The molecule has 5 N–H and O–H groups in total. The van der Waals surface area contributed by atoms with Gasteiger partial charge in [-0.05, 0) is 6.42 Å². The van der Waals surface area contributed by atoms with Crippen molar-refractivity contribution in [1.82, 2.24) is 10.2 Å². The fraction of sp³-hybridized carbons (Fsp3) is 0.750. The smallest absolute Gasteiger partial charge is 0.320 e. The summed E-state index contributed by atoms with van der Waals surface area (Å²) in [6.45, 7) is 0.621. The fourth-order valence-electron chi connectivity index (χ4n) is 2.33. The monoisotopic (exact) mass is 375 g/mol. The van der Waals surface area contributed by atoms with Crippen molar-refractivity contribution >= 4 is 23.8 Å². The van der Waals surface area contributed by atoms with Gasteiger partial charge in [-0.25, -0.2) is 0 Å². The SMILES string of the molecule is CN(CC[C@H](N)C(=O)O)C(=O)CCC(=O)N[C@@H](CC(=O)O)C[N+](C)(C)C. The molecule has 10 nitrogen and oxygen atoms in total. The summed E-state index contributed by atoms with van der Waals surface area (Å²) < 4.78 is 0.490. The first-order chi connectivity index (χ1) is 11.8. The number of aliphatic carboxylic acids is 2. The molecule has 150 valence electrons. The highest BCUT2D eigenvalue weighted by Crippen LogP contribution is 2.03. The molecule has 0 aliphatic rings. The van der Waals surface area contributed by atoms with E-state index in [9.17, 15) is 19.2 Å². The van der Waals surface area contributed by atoms with Crippen molar-refractivity contribution in [3.05, 3.63) is 0 Å². The minimum absolute atomic E-state index is 0.0468. The van der Waals surface area contributed by atoms with E-state index >= 15 is 0 Å². The van der Waals surface area contributed by atoms with E-state index in [2.05, 4.69) is 5.32 Å². The number of hydrogen-bond acceptors (Lipinski definition) is 5. The molecule has 0 rings (SSSR count). The number of likely N-dealkylation sites (N-methyl/N-ethyl adjacent to an activating group) is 1. The molecule has 0 radical (unpaired) electrons. The van der Waals surface area contributed by atoms with Gasteiger partial charge in [0.15, 0.2) is 0 Å². The molecule has 0 saturated carbocycles. The molecule has 0 spiro atoms. The maximum atomic E-state index is 12.0. The van der Waals surface area contributed by atoms with Gasteiger partial charge in [0.05, 0.1) is 40.2 Å². The Kier molecular flexibility index (Phi) is 9.81. The van der Waals surface area contributed by atoms with Crippen LogP contribution in [0.2, 0.25) is 0 Å². The lowest BCUT2D eigenvalue weighted by atomic mass is 10.1. The Labute approximate surface area is 153 Å². The number of nitrogens with one attached hydrogen (secondary N) is 1. The highest BCUT2D eigenvalue weighted by atomic mass is 16.4. The zero-order chi connectivity index (χ0) is 20.5. The first-order valence-corrected chi connectivity index (χ1v) is 8.35. The van der Waals surface area contributed by atoms with Gasteiger partial charge < -0.3 is 30.6 Å². The van der Waals surface area contributed by atoms with Gasteiger partial charge >= 0.3 is 11.9 Å². The van der Waals surface area contributed by atoms with Crippen LogP contribution in [-0.4, -0.2) is 96.7 Å². The molecule has 10 heteroatoms. The number of carboxylic acid groups (broad SMARTS) is 2. The van der Waals surface area contributed by atoms with Gasteiger partial charge in [-0.2, -0.15) is 0 Å². The predicted molar refractivity (Wildman–Crippen MR) is 94.2 cm³/mol. The Morgan fingerprint density at radius 2 is 1.69 bits per heavy atom. The Balaban J connectivity index is 4.41. The molecule has 0 saturated heterocycles. The molecule has 0 aliphatic carbocycles. The van der Waals surface area contributed by atoms with E-state index in [-0.39, 0.29) is 38.1 Å². The summed E-state index contributed by atoms with van der Waals surface area (Å²) >= 11 is 0. The first-order valence-electron chi connectivity index (χ1n) is 8.35. The van der Waals surface area contributed by atoms with Crippen LogP contribution in [0.25, 0.3) is 0 Å². The van der Waals surface area contributed by atoms with Gasteiger partial charge in [-0.15, -0.1) is 0 Å². The Morgan fingerprint density at radius 1 is 1.12 bits per heavy atom. The highest BCUT2D eigenvalue weighted by Gasteiger charge is 2.23. The van der Waals surface area contributed by atoms with Crippen molar-refractivity contribution in [2.45, 2.75) is 37.8 Å². The molecule has 0 bridgehead atoms. The van der Waals surface area contributed by atoms with Crippen LogP contribution in [0, 0.1) is 0 Å². The third-order valence-electron chi connectivity index (χ3n) is 3.64. The number of carbonyl (C=O) groups is 4. The average Bonchev–Trinajstić information content (AvgIpc) is 2.47. The van der Waals surface area contributed by atoms with Crippen molar-refractivity contribution < 1.29 is 33.9 Å². The van der Waals surface area contributed by atoms with Crippen molar-refractivity contribution in [1.29, 1.82) is 0 Å². The van der Waals surface area contributed by atoms with Crippen LogP contribution in [0.3, 0.4) is 0 Å². The summed E-state index contributed by atoms with van der Waals surface area (Å²) in [5.41, 5.74) is 5.38. The van der Waals surface area contributed by atoms with Crippen LogP contribution in [0.15, 0.2) is 0 Å². The third kappa shape index (κ3) is 11.4. The lowest BCUT2D eigenvalue weighted by Crippen LogP contribution is -2.49. The maximum Gasteiger partial charge on any atom is 0.320 e. The topological polar surface area (TPSA) is 150 Å². The van der Waals surface area contributed by atoms with Crippen LogP contribution in [-0.2, 0) is 19.2 Å². The second-order valence-electron chi connectivity index (χ2n) is 7.38. The first kappa shape index (κ1) is 23.8. The number of carbonyl (C=O) groups excluding carboxylic acids is 2. The number of hydrogen-bond donors (Lipinski definition) is 4. The zero-order valence-corrected chi connectivity index (χ0v) is 15.9. The Bertz CT molecular complexity index is 517. The molecular formula is C16H31N4O6+. The van der Waals surface area contributed by atoms with Gasteiger partial charge in [-0.3, -0.25) is 19.2 Å². The molecule has 0 aliphatic heterocycles. The van der Waals surface area contributed by atoms with Crippen LogP contribution in [0.4, 0.5) is 0 Å². The van der Waals surface area contributed by atoms with Gasteiger partial charge in [-0.1, -0.05) is 0 Å². The van der Waals surface area contributed by atoms with E-state index < -0.39 is 29.9 Å². The Hall–Kier alpha value is -2.20. The maximum absolute atomic E-state index is 12.0. The summed E-state index contributed by atoms with van der Waals surface area (Å²) in [5.74, 6) is -2.84. The number of nitrogens with zero attached hydrogens (tertiary/aromatic N) is 2. The second-order valence-corrected chi connectivity index (χ2v) is 7.38. The lowest BCUT2D eigenvalue weighted by molar-refractivity contribution is -0.871. The summed E-state index contributed by atoms with van der Waals surface area (Å²) in [7, 11) is 7.18. The molecule has 0 aromatic carbocycles. The van der Waals surface area contributed by atoms with Gasteiger partial charge in [0.1, 0.15) is 6.04 Å². The lowest BCUT2D eigenvalue weighted by Gasteiger charge is -2.29. The zero-order valence-electron chi connectivity index (χ0n) is 15.9. The van der Waals surface area contributed by atoms with Gasteiger partial charge in [0.25, 0.3) is 0 Å². The average molecular weight is 375 g/mol. The third-order valence-corrected chi connectivity index (χ3v) is 3.64. The molecule has 0 aromatic rings. The van der Waals surface area contributed by atoms with E-state index in [1.54, 1.807) is 0 Å². The van der Waals surface area contributed by atoms with Crippen molar-refractivity contribution in [3.8, 4) is 0 Å². The summed E-state index contributed by atoms with van der Waals surface area (Å²) in [6, 6.07) is -1.57. The molecule has 2 atom stereocenters. The largest absolute Gasteiger partial charge is 0.481 e. The molecule has 2 amide bonds. The molecule has 0 heterocycles. The van der Waals surface area contributed by atoms with E-state index in [0.717, 1.165) is 0 Å². The minimum atomic E-state index is -1.13. The molecule has 26 heavy (non-hydrogen) atoms. The summed E-state index contributed by atoms with van der Waals surface area (Å²) in [4.78, 5) is 46.9. The number of carboxylic acids is 2. The van der Waals surface area contributed by atoms with Crippen LogP contribution >= 0.6 is 0 Å². The fourth-order valence-corrected chi connectivity index (χ4v) is 2.33. The molecule has 0 fully saturated rings. The number of rotatable bonds is 12.